The summed E-state index contributed by atoms with van der Waals surface area (Å²) < 4.78 is 26.6. The third-order valence-corrected chi connectivity index (χ3v) is 7.24. The molecule has 0 bridgehead atoms. The van der Waals surface area contributed by atoms with Gasteiger partial charge in [0.2, 0.25) is 11.8 Å². The largest absolute Gasteiger partial charge is 0.495 e. The molecule has 9 nitrogen and oxygen atoms in total. The molecule has 39 heavy (non-hydrogen) atoms. The number of nitrogens with zero attached hydrogens (tertiary/aromatic N) is 2. The SMILES string of the molecule is COc1ccccc1NC(=O)CC(=O)Nc1ccc(Oc2ccnc3cc(C(=O)N4CCCC4)sc23)c(F)c1. The van der Waals surface area contributed by atoms with E-state index in [0.29, 0.717) is 32.3 Å². The van der Waals surface area contributed by atoms with E-state index >= 15 is 0 Å². The predicted octanol–water partition coefficient (Wildman–Crippen LogP) is 5.44. The fraction of sp³-hybridized carbons (Fsp3) is 0.214. The van der Waals surface area contributed by atoms with Crippen LogP contribution in [0.5, 0.6) is 17.2 Å². The van der Waals surface area contributed by atoms with Gasteiger partial charge in [0, 0.05) is 37.1 Å². The highest BCUT2D eigenvalue weighted by molar-refractivity contribution is 7.21. The number of likely N-dealkylation sites (tertiary alicyclic amines) is 1. The number of hydrogen-bond donors (Lipinski definition) is 2. The summed E-state index contributed by atoms with van der Waals surface area (Å²) >= 11 is 1.26. The van der Waals surface area contributed by atoms with Crippen LogP contribution in [0.1, 0.15) is 28.9 Å². The van der Waals surface area contributed by atoms with Gasteiger partial charge < -0.3 is 25.0 Å². The van der Waals surface area contributed by atoms with Crippen molar-refractivity contribution in [2.24, 2.45) is 0 Å². The molecule has 5 rings (SSSR count). The van der Waals surface area contributed by atoms with Crippen LogP contribution in [-0.2, 0) is 9.59 Å². The average Bonchev–Trinajstić information content (AvgIpc) is 3.61. The predicted molar refractivity (Wildman–Crippen MR) is 146 cm³/mol. The highest BCUT2D eigenvalue weighted by Crippen LogP contribution is 2.37. The topological polar surface area (TPSA) is 110 Å². The highest BCUT2D eigenvalue weighted by atomic mass is 32.1. The minimum atomic E-state index is -0.707. The number of hydrogen-bond acceptors (Lipinski definition) is 7. The Balaban J connectivity index is 1.24. The van der Waals surface area contributed by atoms with E-state index in [-0.39, 0.29) is 17.3 Å². The Hall–Kier alpha value is -4.51. The van der Waals surface area contributed by atoms with Gasteiger partial charge in [-0.15, -0.1) is 11.3 Å². The van der Waals surface area contributed by atoms with Gasteiger partial charge in [0.25, 0.3) is 5.91 Å². The summed E-state index contributed by atoms with van der Waals surface area (Å²) in [7, 11) is 1.48. The van der Waals surface area contributed by atoms with E-state index in [1.807, 2.05) is 4.90 Å². The molecule has 4 aromatic rings. The van der Waals surface area contributed by atoms with Crippen LogP contribution in [0.3, 0.4) is 0 Å². The maximum atomic E-state index is 14.9. The van der Waals surface area contributed by atoms with Crippen molar-refractivity contribution in [3.8, 4) is 17.2 Å². The second-order valence-corrected chi connectivity index (χ2v) is 9.91. The molecule has 0 saturated carbocycles. The molecule has 1 aliphatic rings. The molecule has 0 spiro atoms. The van der Waals surface area contributed by atoms with Gasteiger partial charge in [0.1, 0.15) is 17.9 Å². The molecular weight excluding hydrogens is 523 g/mol. The van der Waals surface area contributed by atoms with Crippen molar-refractivity contribution in [1.82, 2.24) is 9.88 Å². The number of anilines is 2. The van der Waals surface area contributed by atoms with Gasteiger partial charge in [-0.2, -0.15) is 0 Å². The molecule has 11 heteroatoms. The molecule has 2 aromatic heterocycles. The molecule has 0 unspecified atom stereocenters. The Morgan fingerprint density at radius 3 is 2.51 bits per heavy atom. The van der Waals surface area contributed by atoms with Crippen LogP contribution < -0.4 is 20.1 Å². The Morgan fingerprint density at radius 2 is 1.74 bits per heavy atom. The molecule has 2 aromatic carbocycles. The summed E-state index contributed by atoms with van der Waals surface area (Å²) in [6.07, 6.45) is 3.06. The van der Waals surface area contributed by atoms with Crippen molar-refractivity contribution in [3.63, 3.8) is 0 Å². The van der Waals surface area contributed by atoms with Gasteiger partial charge in [-0.05, 0) is 43.2 Å². The van der Waals surface area contributed by atoms with Crippen LogP contribution >= 0.6 is 11.3 Å². The second-order valence-electron chi connectivity index (χ2n) is 8.85. The maximum Gasteiger partial charge on any atom is 0.264 e. The summed E-state index contributed by atoms with van der Waals surface area (Å²) in [6.45, 7) is 1.48. The van der Waals surface area contributed by atoms with Crippen molar-refractivity contribution in [2.75, 3.05) is 30.8 Å². The van der Waals surface area contributed by atoms with E-state index in [1.165, 1.54) is 36.8 Å². The van der Waals surface area contributed by atoms with E-state index in [4.69, 9.17) is 9.47 Å². The highest BCUT2D eigenvalue weighted by Gasteiger charge is 2.23. The van der Waals surface area contributed by atoms with Crippen LogP contribution in [0.4, 0.5) is 15.8 Å². The van der Waals surface area contributed by atoms with Crippen molar-refractivity contribution < 1.29 is 28.2 Å². The summed E-state index contributed by atoms with van der Waals surface area (Å²) in [6, 6.07) is 14.1. The molecule has 1 fully saturated rings. The van der Waals surface area contributed by atoms with E-state index in [0.717, 1.165) is 32.0 Å². The molecule has 2 N–H and O–H groups in total. The number of rotatable bonds is 8. The van der Waals surface area contributed by atoms with E-state index in [2.05, 4.69) is 15.6 Å². The third kappa shape index (κ3) is 5.99. The zero-order valence-electron chi connectivity index (χ0n) is 21.0. The zero-order chi connectivity index (χ0) is 27.4. The number of carbonyl (C=O) groups is 3. The van der Waals surface area contributed by atoms with E-state index in [9.17, 15) is 18.8 Å². The third-order valence-electron chi connectivity index (χ3n) is 6.12. The lowest BCUT2D eigenvalue weighted by Crippen LogP contribution is -2.26. The lowest BCUT2D eigenvalue weighted by molar-refractivity contribution is -0.123. The second kappa shape index (κ2) is 11.5. The number of pyridine rings is 1. The number of fused-ring (bicyclic) bond motifs is 1. The van der Waals surface area contributed by atoms with Gasteiger partial charge >= 0.3 is 0 Å². The fourth-order valence-electron chi connectivity index (χ4n) is 4.25. The molecule has 200 valence electrons. The smallest absolute Gasteiger partial charge is 0.264 e. The summed E-state index contributed by atoms with van der Waals surface area (Å²) in [5.74, 6) is -1.13. The minimum Gasteiger partial charge on any atom is -0.495 e. The molecular formula is C28H25FN4O5S. The maximum absolute atomic E-state index is 14.9. The molecule has 1 aliphatic heterocycles. The first-order valence-corrected chi connectivity index (χ1v) is 13.1. The van der Waals surface area contributed by atoms with Gasteiger partial charge in [0.15, 0.2) is 11.6 Å². The molecule has 1 saturated heterocycles. The first-order chi connectivity index (χ1) is 18.9. The molecule has 3 amide bonds. The number of nitrogens with one attached hydrogen (secondary N) is 2. The quantitative estimate of drug-likeness (QED) is 0.284. The van der Waals surface area contributed by atoms with E-state index in [1.54, 1.807) is 36.4 Å². The lowest BCUT2D eigenvalue weighted by atomic mass is 10.2. The first-order valence-electron chi connectivity index (χ1n) is 12.3. The fourth-order valence-corrected chi connectivity index (χ4v) is 5.28. The van der Waals surface area contributed by atoms with Crippen molar-refractivity contribution >= 4 is 50.6 Å². The monoisotopic (exact) mass is 548 g/mol. The number of methoxy groups -OCH3 is 1. The van der Waals surface area contributed by atoms with Gasteiger partial charge in [-0.3, -0.25) is 19.4 Å². The number of ether oxygens (including phenoxy) is 2. The number of halogens is 1. The van der Waals surface area contributed by atoms with Crippen LogP contribution in [0.2, 0.25) is 0 Å². The van der Waals surface area contributed by atoms with Gasteiger partial charge in [0.05, 0.1) is 27.9 Å². The minimum absolute atomic E-state index is 0.0377. The molecule has 3 heterocycles. The number of aromatic nitrogens is 1. The van der Waals surface area contributed by atoms with E-state index < -0.39 is 24.1 Å². The van der Waals surface area contributed by atoms with Crippen LogP contribution in [0.25, 0.3) is 10.2 Å². The Bertz CT molecular complexity index is 1550. The molecule has 0 atom stereocenters. The normalized spacial score (nSPS) is 12.8. The molecule has 0 aliphatic carbocycles. The standard InChI is InChI=1S/C28H25FN4O5S/c1-37-22-7-3-2-6-19(22)32-26(35)16-25(34)31-17-8-9-21(18(29)14-17)38-23-10-11-30-20-15-24(39-27(20)23)28(36)33-12-4-5-13-33/h2-3,6-11,14-15H,4-5,12-13,16H2,1H3,(H,31,34)(H,32,35). The number of para-hydroxylation sites is 2. The van der Waals surface area contributed by atoms with Crippen LogP contribution in [-0.4, -0.2) is 47.8 Å². The molecule has 0 radical (unpaired) electrons. The van der Waals surface area contributed by atoms with Gasteiger partial charge in [-0.25, -0.2) is 4.39 Å². The first kappa shape index (κ1) is 26.1. The number of benzene rings is 2. The van der Waals surface area contributed by atoms with Crippen LogP contribution in [0.15, 0.2) is 60.8 Å². The Kier molecular flexibility index (Phi) is 7.69. The zero-order valence-corrected chi connectivity index (χ0v) is 21.8. The van der Waals surface area contributed by atoms with Crippen molar-refractivity contribution in [2.45, 2.75) is 19.3 Å². The lowest BCUT2D eigenvalue weighted by Gasteiger charge is -2.13. The summed E-state index contributed by atoms with van der Waals surface area (Å²) in [5.41, 5.74) is 1.20. The Labute approximate surface area is 227 Å². The van der Waals surface area contributed by atoms with Gasteiger partial charge in [-0.1, -0.05) is 12.1 Å². The Morgan fingerprint density at radius 1 is 0.974 bits per heavy atom. The number of thiophene rings is 1. The number of carbonyl (C=O) groups excluding carboxylic acids is 3. The van der Waals surface area contributed by atoms with Crippen molar-refractivity contribution in [3.05, 3.63) is 71.5 Å². The summed E-state index contributed by atoms with van der Waals surface area (Å²) in [5, 5.41) is 5.13. The van der Waals surface area contributed by atoms with Crippen molar-refractivity contribution in [1.29, 1.82) is 0 Å². The average molecular weight is 549 g/mol. The van der Waals surface area contributed by atoms with Crippen LogP contribution in [0, 0.1) is 5.82 Å². The number of amides is 3. The summed E-state index contributed by atoms with van der Waals surface area (Å²) in [4.78, 5) is 44.1.